The van der Waals surface area contributed by atoms with Crippen molar-refractivity contribution in [3.05, 3.63) is 29.8 Å². The lowest BCUT2D eigenvalue weighted by molar-refractivity contribution is -0.0846. The molecule has 1 aromatic carbocycles. The van der Waals surface area contributed by atoms with E-state index in [2.05, 4.69) is 19.0 Å². The van der Waals surface area contributed by atoms with Crippen molar-refractivity contribution < 1.29 is 14.7 Å². The van der Waals surface area contributed by atoms with E-state index in [9.17, 15) is 0 Å². The first-order valence-electron chi connectivity index (χ1n) is 6.68. The Labute approximate surface area is 119 Å². The van der Waals surface area contributed by atoms with Crippen molar-refractivity contribution >= 4 is 5.84 Å². The Kier molecular flexibility index (Phi) is 3.65. The second-order valence-electron chi connectivity index (χ2n) is 6.29. The van der Waals surface area contributed by atoms with Gasteiger partial charge in [0.15, 0.2) is 5.84 Å². The monoisotopic (exact) mass is 278 g/mol. The fourth-order valence-corrected chi connectivity index (χ4v) is 2.62. The zero-order valence-corrected chi connectivity index (χ0v) is 12.4. The quantitative estimate of drug-likeness (QED) is 0.385. The predicted molar refractivity (Wildman–Crippen MR) is 77.2 cm³/mol. The molecule has 0 amide bonds. The molecule has 0 bridgehead atoms. The van der Waals surface area contributed by atoms with E-state index in [1.165, 1.54) is 0 Å². The first-order chi connectivity index (χ1) is 9.23. The summed E-state index contributed by atoms with van der Waals surface area (Å²) in [6.45, 7) is 8.22. The van der Waals surface area contributed by atoms with Crippen LogP contribution < -0.4 is 10.5 Å². The van der Waals surface area contributed by atoms with Crippen molar-refractivity contribution in [2.75, 3.05) is 0 Å². The van der Waals surface area contributed by atoms with E-state index < -0.39 is 0 Å². The van der Waals surface area contributed by atoms with Crippen LogP contribution in [0, 0.1) is 0 Å². The van der Waals surface area contributed by atoms with Gasteiger partial charge in [-0.05, 0) is 52.0 Å². The zero-order valence-electron chi connectivity index (χ0n) is 12.4. The Bertz CT molecular complexity index is 506. The first kappa shape index (κ1) is 14.7. The van der Waals surface area contributed by atoms with E-state index in [4.69, 9.17) is 20.4 Å². The summed E-state index contributed by atoms with van der Waals surface area (Å²) in [5.74, 6) is 0.834. The topological polar surface area (TPSA) is 77.1 Å². The lowest BCUT2D eigenvalue weighted by Gasteiger charge is -2.27. The van der Waals surface area contributed by atoms with Crippen LogP contribution in [0.25, 0.3) is 0 Å². The summed E-state index contributed by atoms with van der Waals surface area (Å²) in [5.41, 5.74) is 5.68. The normalized spacial score (nSPS) is 24.6. The molecule has 3 N–H and O–H groups in total. The minimum atomic E-state index is -0.326. The van der Waals surface area contributed by atoms with Gasteiger partial charge in [-0.15, -0.1) is 0 Å². The van der Waals surface area contributed by atoms with Crippen molar-refractivity contribution in [2.24, 2.45) is 10.9 Å². The third-order valence-electron chi connectivity index (χ3n) is 3.53. The molecule has 1 unspecified atom stereocenters. The largest absolute Gasteiger partial charge is 0.487 e. The maximum atomic E-state index is 8.63. The van der Waals surface area contributed by atoms with Gasteiger partial charge in [0, 0.05) is 12.0 Å². The second kappa shape index (κ2) is 4.98. The van der Waals surface area contributed by atoms with Crippen LogP contribution in [0.1, 0.15) is 39.7 Å². The highest BCUT2D eigenvalue weighted by Gasteiger charge is 2.47. The number of oxime groups is 1. The summed E-state index contributed by atoms with van der Waals surface area (Å²) in [5, 5.41) is 11.6. The van der Waals surface area contributed by atoms with Crippen molar-refractivity contribution in [3.63, 3.8) is 0 Å². The number of nitrogens with zero attached hydrogens (tertiary/aromatic N) is 1. The lowest BCUT2D eigenvalue weighted by atomic mass is 9.97. The maximum Gasteiger partial charge on any atom is 0.170 e. The Balaban J connectivity index is 2.11. The van der Waals surface area contributed by atoms with E-state index >= 15 is 0 Å². The van der Waals surface area contributed by atoms with Gasteiger partial charge in [0.05, 0.1) is 5.60 Å². The van der Waals surface area contributed by atoms with Crippen molar-refractivity contribution in [3.8, 4) is 5.75 Å². The van der Waals surface area contributed by atoms with E-state index in [-0.39, 0.29) is 23.1 Å². The fourth-order valence-electron chi connectivity index (χ4n) is 2.62. The molecule has 5 heteroatoms. The molecule has 0 saturated carbocycles. The molecule has 1 atom stereocenters. The second-order valence-corrected chi connectivity index (χ2v) is 6.29. The zero-order chi connectivity index (χ0) is 15.0. The molecule has 1 aliphatic heterocycles. The van der Waals surface area contributed by atoms with Gasteiger partial charge < -0.3 is 20.4 Å². The first-order valence-corrected chi connectivity index (χ1v) is 6.68. The number of amidine groups is 1. The Hall–Kier alpha value is -1.75. The van der Waals surface area contributed by atoms with Gasteiger partial charge in [-0.2, -0.15) is 0 Å². The lowest BCUT2D eigenvalue weighted by Crippen LogP contribution is -2.36. The Morgan fingerprint density at radius 1 is 1.30 bits per heavy atom. The Morgan fingerprint density at radius 3 is 2.35 bits per heavy atom. The summed E-state index contributed by atoms with van der Waals surface area (Å²) in [4.78, 5) is 0. The van der Waals surface area contributed by atoms with Crippen LogP contribution in [0.4, 0.5) is 0 Å². The minimum absolute atomic E-state index is 0.00722. The maximum absolute atomic E-state index is 8.63. The molecule has 1 aliphatic rings. The van der Waals surface area contributed by atoms with Gasteiger partial charge in [-0.1, -0.05) is 5.16 Å². The van der Waals surface area contributed by atoms with Crippen molar-refractivity contribution in [2.45, 2.75) is 51.4 Å². The van der Waals surface area contributed by atoms with Crippen LogP contribution in [0.2, 0.25) is 0 Å². The molecule has 2 rings (SSSR count). The van der Waals surface area contributed by atoms with Crippen molar-refractivity contribution in [1.82, 2.24) is 0 Å². The van der Waals surface area contributed by atoms with Crippen LogP contribution in [0.15, 0.2) is 29.4 Å². The highest BCUT2D eigenvalue weighted by molar-refractivity contribution is 5.97. The summed E-state index contributed by atoms with van der Waals surface area (Å²) >= 11 is 0. The number of ether oxygens (including phenoxy) is 2. The molecule has 0 aromatic heterocycles. The van der Waals surface area contributed by atoms with Crippen LogP contribution in [-0.2, 0) is 4.74 Å². The summed E-state index contributed by atoms with van der Waals surface area (Å²) in [6.07, 6.45) is 0.828. The van der Waals surface area contributed by atoms with Gasteiger partial charge in [-0.3, -0.25) is 0 Å². The van der Waals surface area contributed by atoms with E-state index in [1.807, 2.05) is 26.0 Å². The number of hydrogen-bond donors (Lipinski definition) is 2. The van der Waals surface area contributed by atoms with Gasteiger partial charge in [0.25, 0.3) is 0 Å². The molecular formula is C15H22N2O3. The molecule has 5 nitrogen and oxygen atoms in total. The SMILES string of the molecule is CC1(C)CC(Oc2ccc(/C(N)=N/O)cc2)C(C)(C)O1. The molecule has 0 aliphatic carbocycles. The summed E-state index contributed by atoms with van der Waals surface area (Å²) in [7, 11) is 0. The smallest absolute Gasteiger partial charge is 0.170 e. The number of hydrogen-bond acceptors (Lipinski definition) is 4. The van der Waals surface area contributed by atoms with Gasteiger partial charge in [-0.25, -0.2) is 0 Å². The molecule has 110 valence electrons. The number of nitrogens with two attached hydrogens (primary N) is 1. The van der Waals surface area contributed by atoms with Crippen LogP contribution in [-0.4, -0.2) is 28.3 Å². The molecule has 20 heavy (non-hydrogen) atoms. The van der Waals surface area contributed by atoms with Gasteiger partial charge in [0.2, 0.25) is 0 Å². The molecule has 1 aromatic rings. The van der Waals surface area contributed by atoms with E-state index in [0.29, 0.717) is 5.56 Å². The highest BCUT2D eigenvalue weighted by Crippen LogP contribution is 2.39. The summed E-state index contributed by atoms with van der Waals surface area (Å²) in [6, 6.07) is 7.15. The average Bonchev–Trinajstić information content (AvgIpc) is 2.57. The number of benzene rings is 1. The molecule has 1 saturated heterocycles. The van der Waals surface area contributed by atoms with E-state index in [0.717, 1.165) is 12.2 Å². The third-order valence-corrected chi connectivity index (χ3v) is 3.53. The molecular weight excluding hydrogens is 256 g/mol. The van der Waals surface area contributed by atoms with Crippen LogP contribution >= 0.6 is 0 Å². The van der Waals surface area contributed by atoms with Gasteiger partial charge >= 0.3 is 0 Å². The molecule has 0 spiro atoms. The van der Waals surface area contributed by atoms with Gasteiger partial charge in [0.1, 0.15) is 17.5 Å². The third kappa shape index (κ3) is 3.04. The van der Waals surface area contributed by atoms with Crippen molar-refractivity contribution in [1.29, 1.82) is 0 Å². The summed E-state index contributed by atoms with van der Waals surface area (Å²) < 4.78 is 12.0. The molecule has 1 fully saturated rings. The number of rotatable bonds is 3. The standard InChI is InChI=1S/C15H22N2O3/c1-14(2)9-12(15(3,4)20-14)19-11-7-5-10(6-8-11)13(16)17-18/h5-8,12,18H,9H2,1-4H3,(H2,16,17). The molecule has 1 heterocycles. The predicted octanol–water partition coefficient (Wildman–Crippen LogP) is 2.51. The molecule has 0 radical (unpaired) electrons. The highest BCUT2D eigenvalue weighted by atomic mass is 16.6. The Morgan fingerprint density at radius 2 is 1.90 bits per heavy atom. The van der Waals surface area contributed by atoms with E-state index in [1.54, 1.807) is 12.1 Å². The minimum Gasteiger partial charge on any atom is -0.487 e. The average molecular weight is 278 g/mol. The van der Waals surface area contributed by atoms with Crippen LogP contribution in [0.3, 0.4) is 0 Å². The fraction of sp³-hybridized carbons (Fsp3) is 0.533. The van der Waals surface area contributed by atoms with Crippen LogP contribution in [0.5, 0.6) is 5.75 Å².